The Bertz CT molecular complexity index is 1680. The molecule has 0 spiro atoms. The van der Waals surface area contributed by atoms with Crippen LogP contribution in [0.2, 0.25) is 5.02 Å². The number of Topliss-reactive ketones (excluding diaryl/α,β-unsaturated/α-hetero) is 1. The molecule has 0 radical (unpaired) electrons. The van der Waals surface area contributed by atoms with Crippen molar-refractivity contribution in [2.75, 3.05) is 16.0 Å². The lowest BCUT2D eigenvalue weighted by Crippen LogP contribution is -2.39. The van der Waals surface area contributed by atoms with Crippen molar-refractivity contribution in [2.24, 2.45) is 5.73 Å². The number of halogens is 2. The van der Waals surface area contributed by atoms with Crippen LogP contribution in [0.1, 0.15) is 41.1 Å². The molecule has 41 heavy (non-hydrogen) atoms. The van der Waals surface area contributed by atoms with Gasteiger partial charge >= 0.3 is 5.97 Å². The van der Waals surface area contributed by atoms with E-state index >= 15 is 4.39 Å². The second kappa shape index (κ2) is 11.7. The Morgan fingerprint density at radius 3 is 2.76 bits per heavy atom. The number of hydrogen-bond acceptors (Lipinski definition) is 10. The summed E-state index contributed by atoms with van der Waals surface area (Å²) < 4.78 is 15.4. The molecule has 2 aromatic carbocycles. The quantitative estimate of drug-likeness (QED) is 0.308. The standard InChI is InChI=1S/C27H20ClFN6O4S2/c28-15-6-3-7-16(29)22(15)21-14(11-30)24(31)35(18-9-4-10-19(36)23(18)21)26-33-34-27(41-26)40-12-20(37)32-17-8-2-1-5-13(17)25(38)39/h1-3,5-8,21H,4,9-10,12,31H2,(H,32,37)(H,38,39). The molecule has 4 N–H and O–H groups in total. The maximum Gasteiger partial charge on any atom is 0.337 e. The third-order valence-corrected chi connectivity index (χ3v) is 8.92. The van der Waals surface area contributed by atoms with E-state index in [1.165, 1.54) is 35.2 Å². The number of anilines is 2. The summed E-state index contributed by atoms with van der Waals surface area (Å²) >= 11 is 8.53. The molecule has 1 aliphatic carbocycles. The maximum atomic E-state index is 15.0. The number of hydrogen-bond donors (Lipinski definition) is 3. The van der Waals surface area contributed by atoms with Gasteiger partial charge in [0.05, 0.1) is 34.6 Å². The van der Waals surface area contributed by atoms with E-state index in [0.717, 1.165) is 23.1 Å². The van der Waals surface area contributed by atoms with E-state index in [1.807, 2.05) is 0 Å². The fraction of sp³-hybridized carbons (Fsp3) is 0.185. The summed E-state index contributed by atoms with van der Waals surface area (Å²) in [5, 5.41) is 30.7. The molecular formula is C27H20ClFN6O4S2. The Kier molecular flexibility index (Phi) is 8.07. The zero-order chi connectivity index (χ0) is 29.3. The largest absolute Gasteiger partial charge is 0.478 e. The van der Waals surface area contributed by atoms with Gasteiger partial charge in [0.25, 0.3) is 0 Å². The van der Waals surface area contributed by atoms with Gasteiger partial charge in [-0.2, -0.15) is 5.26 Å². The lowest BCUT2D eigenvalue weighted by molar-refractivity contribution is -0.116. The number of carboxylic acids is 1. The van der Waals surface area contributed by atoms with Gasteiger partial charge in [-0.15, -0.1) is 10.2 Å². The van der Waals surface area contributed by atoms with Crippen molar-refractivity contribution >= 4 is 63.2 Å². The second-order valence-electron chi connectivity index (χ2n) is 8.99. The SMILES string of the molecule is N#CC1=C(N)N(c2nnc(SCC(=O)Nc3ccccc3C(=O)O)s2)C2=C(C(=O)CCC2)C1c1c(F)cccc1Cl. The summed E-state index contributed by atoms with van der Waals surface area (Å²) in [4.78, 5) is 38.7. The highest BCUT2D eigenvalue weighted by Gasteiger charge is 2.43. The average molecular weight is 611 g/mol. The minimum absolute atomic E-state index is 0.0130. The van der Waals surface area contributed by atoms with Gasteiger partial charge in [-0.3, -0.25) is 14.5 Å². The Morgan fingerprint density at radius 1 is 1.24 bits per heavy atom. The molecule has 1 atom stereocenters. The summed E-state index contributed by atoms with van der Waals surface area (Å²) in [6.07, 6.45) is 1.18. The van der Waals surface area contributed by atoms with E-state index in [1.54, 1.807) is 12.1 Å². The number of aromatic nitrogens is 2. The van der Waals surface area contributed by atoms with Crippen molar-refractivity contribution in [1.82, 2.24) is 10.2 Å². The number of allylic oxidation sites excluding steroid dienone is 3. The number of thioether (sulfide) groups is 1. The van der Waals surface area contributed by atoms with Gasteiger partial charge in [0.15, 0.2) is 10.1 Å². The fourth-order valence-electron chi connectivity index (χ4n) is 4.82. The second-order valence-corrected chi connectivity index (χ2v) is 11.6. The molecule has 0 saturated heterocycles. The highest BCUT2D eigenvalue weighted by Crippen LogP contribution is 2.48. The minimum atomic E-state index is -1.17. The number of nitrogens with one attached hydrogen (secondary N) is 1. The summed E-state index contributed by atoms with van der Waals surface area (Å²) in [6, 6.07) is 12.3. The van der Waals surface area contributed by atoms with Crippen LogP contribution in [-0.2, 0) is 9.59 Å². The highest BCUT2D eigenvalue weighted by atomic mass is 35.5. The van der Waals surface area contributed by atoms with Gasteiger partial charge in [0.1, 0.15) is 11.6 Å². The molecule has 0 bridgehead atoms. The minimum Gasteiger partial charge on any atom is -0.478 e. The normalized spacial score (nSPS) is 16.9. The Balaban J connectivity index is 1.43. The molecule has 1 aliphatic heterocycles. The number of nitrogens with zero attached hydrogens (tertiary/aromatic N) is 4. The summed E-state index contributed by atoms with van der Waals surface area (Å²) in [6.45, 7) is 0. The number of rotatable bonds is 7. The van der Waals surface area contributed by atoms with Crippen LogP contribution in [0.15, 0.2) is 69.5 Å². The number of para-hydroxylation sites is 1. The molecule has 3 aromatic rings. The summed E-state index contributed by atoms with van der Waals surface area (Å²) in [5.74, 6) is -3.66. The number of carboxylic acid groups (broad SMARTS) is 1. The summed E-state index contributed by atoms with van der Waals surface area (Å²) in [7, 11) is 0. The molecule has 10 nitrogen and oxygen atoms in total. The predicted molar refractivity (Wildman–Crippen MR) is 152 cm³/mol. The molecule has 1 unspecified atom stereocenters. The van der Waals surface area contributed by atoms with E-state index < -0.39 is 23.6 Å². The third kappa shape index (κ3) is 5.41. The third-order valence-electron chi connectivity index (χ3n) is 6.55. The van der Waals surface area contributed by atoms with Crippen LogP contribution in [0.5, 0.6) is 0 Å². The molecule has 208 valence electrons. The molecular weight excluding hydrogens is 591 g/mol. The lowest BCUT2D eigenvalue weighted by atomic mass is 9.75. The number of benzene rings is 2. The molecule has 1 amide bonds. The molecule has 0 saturated carbocycles. The Labute approximate surface area is 246 Å². The van der Waals surface area contributed by atoms with Crippen molar-refractivity contribution in [1.29, 1.82) is 5.26 Å². The first-order chi connectivity index (χ1) is 19.7. The van der Waals surface area contributed by atoms with Crippen molar-refractivity contribution < 1.29 is 23.9 Å². The predicted octanol–water partition coefficient (Wildman–Crippen LogP) is 5.06. The number of nitrogens with two attached hydrogens (primary N) is 1. The molecule has 0 fully saturated rings. The van der Waals surface area contributed by atoms with E-state index in [-0.39, 0.29) is 61.9 Å². The van der Waals surface area contributed by atoms with Crippen LogP contribution >= 0.6 is 34.7 Å². The smallest absolute Gasteiger partial charge is 0.337 e. The number of carbonyl (C=O) groups is 3. The van der Waals surface area contributed by atoms with E-state index in [4.69, 9.17) is 17.3 Å². The van der Waals surface area contributed by atoms with Crippen LogP contribution in [-0.4, -0.2) is 38.7 Å². The monoisotopic (exact) mass is 610 g/mol. The van der Waals surface area contributed by atoms with Gasteiger partial charge in [-0.1, -0.05) is 52.9 Å². The lowest BCUT2D eigenvalue weighted by Gasteiger charge is -2.38. The van der Waals surface area contributed by atoms with Gasteiger partial charge < -0.3 is 16.2 Å². The number of nitriles is 1. The number of ketones is 1. The average Bonchev–Trinajstić information content (AvgIpc) is 3.40. The molecule has 2 heterocycles. The fourth-order valence-corrected chi connectivity index (χ4v) is 6.78. The Morgan fingerprint density at radius 2 is 2.02 bits per heavy atom. The van der Waals surface area contributed by atoms with E-state index in [2.05, 4.69) is 21.6 Å². The van der Waals surface area contributed by atoms with Gasteiger partial charge in [-0.05, 0) is 37.1 Å². The molecule has 5 rings (SSSR count). The summed E-state index contributed by atoms with van der Waals surface area (Å²) in [5.41, 5.74) is 7.35. The number of amides is 1. The van der Waals surface area contributed by atoms with Gasteiger partial charge in [-0.25, -0.2) is 9.18 Å². The van der Waals surface area contributed by atoms with Crippen molar-refractivity contribution in [3.63, 3.8) is 0 Å². The first-order valence-electron chi connectivity index (χ1n) is 12.2. The van der Waals surface area contributed by atoms with Crippen molar-refractivity contribution in [2.45, 2.75) is 29.5 Å². The molecule has 2 aliphatic rings. The zero-order valence-electron chi connectivity index (χ0n) is 21.1. The highest BCUT2D eigenvalue weighted by molar-refractivity contribution is 8.01. The Hall–Kier alpha value is -4.25. The maximum absolute atomic E-state index is 15.0. The van der Waals surface area contributed by atoms with Crippen LogP contribution in [0.25, 0.3) is 0 Å². The molecule has 1 aromatic heterocycles. The van der Waals surface area contributed by atoms with Gasteiger partial charge in [0.2, 0.25) is 11.0 Å². The van der Waals surface area contributed by atoms with Gasteiger partial charge in [0, 0.05) is 28.3 Å². The van der Waals surface area contributed by atoms with E-state index in [0.29, 0.717) is 22.9 Å². The van der Waals surface area contributed by atoms with Crippen LogP contribution in [0.4, 0.5) is 15.2 Å². The topological polar surface area (TPSA) is 162 Å². The number of aromatic carboxylic acids is 1. The first kappa shape index (κ1) is 28.3. The molecule has 14 heteroatoms. The number of carbonyl (C=O) groups excluding carboxylic acids is 2. The van der Waals surface area contributed by atoms with E-state index in [9.17, 15) is 24.8 Å². The zero-order valence-corrected chi connectivity index (χ0v) is 23.4. The van der Waals surface area contributed by atoms with Crippen molar-refractivity contribution in [3.05, 3.63) is 87.1 Å². The van der Waals surface area contributed by atoms with Crippen LogP contribution in [0.3, 0.4) is 0 Å². The first-order valence-corrected chi connectivity index (χ1v) is 14.4. The van der Waals surface area contributed by atoms with Crippen LogP contribution in [0, 0.1) is 17.1 Å². The van der Waals surface area contributed by atoms with Crippen LogP contribution < -0.4 is 16.0 Å². The van der Waals surface area contributed by atoms with Crippen molar-refractivity contribution in [3.8, 4) is 6.07 Å².